The van der Waals surface area contributed by atoms with Crippen LogP contribution in [0.4, 0.5) is 4.39 Å². The fraction of sp³-hybridized carbons (Fsp3) is 0.0667. The molecule has 3 rings (SSSR count). The molecule has 0 aliphatic carbocycles. The van der Waals surface area contributed by atoms with E-state index < -0.39 is 11.7 Å². The minimum Gasteiger partial charge on any atom is -0.291 e. The van der Waals surface area contributed by atoms with E-state index in [9.17, 15) is 14.4 Å². The third kappa shape index (κ3) is 2.24. The molecule has 20 heavy (non-hydrogen) atoms. The zero-order chi connectivity index (χ0) is 14.1. The molecule has 0 radical (unpaired) electrons. The monoisotopic (exact) mass is 301 g/mol. The van der Waals surface area contributed by atoms with E-state index in [4.69, 9.17) is 0 Å². The number of hydrogen-bond acceptors (Lipinski definition) is 4. The molecular formula is C15H8FNOS2. The molecule has 0 bridgehead atoms. The molecule has 2 nitrogen and oxygen atoms in total. The van der Waals surface area contributed by atoms with Gasteiger partial charge < -0.3 is 0 Å². The van der Waals surface area contributed by atoms with Gasteiger partial charge in [0.25, 0.3) is 0 Å². The molecule has 2 aromatic heterocycles. The van der Waals surface area contributed by atoms with Crippen molar-refractivity contribution in [3.05, 3.63) is 58.0 Å². The Morgan fingerprint density at radius 3 is 2.80 bits per heavy atom. The summed E-state index contributed by atoms with van der Waals surface area (Å²) < 4.78 is 15.3. The molecule has 0 aliphatic rings. The van der Waals surface area contributed by atoms with Gasteiger partial charge in [0, 0.05) is 9.40 Å². The molecule has 2 heterocycles. The number of halogens is 1. The summed E-state index contributed by atoms with van der Waals surface area (Å²) in [6.07, 6.45) is 0. The van der Waals surface area contributed by atoms with Crippen molar-refractivity contribution >= 4 is 37.9 Å². The Bertz CT molecular complexity index is 799. The lowest BCUT2D eigenvalue weighted by atomic mass is 9.95. The molecule has 0 fully saturated rings. The number of thiophene rings is 2. The summed E-state index contributed by atoms with van der Waals surface area (Å²) in [5, 5.41) is 11.2. The summed E-state index contributed by atoms with van der Waals surface area (Å²) >= 11 is 2.93. The Labute approximate surface area is 122 Å². The van der Waals surface area contributed by atoms with Crippen molar-refractivity contribution in [1.82, 2.24) is 0 Å². The first-order valence-corrected chi connectivity index (χ1v) is 7.55. The highest BCUT2D eigenvalue weighted by molar-refractivity contribution is 7.27. The number of Topliss-reactive ketones (excluding diaryl/α,β-unsaturated/α-hetero) is 1. The van der Waals surface area contributed by atoms with Gasteiger partial charge in [-0.2, -0.15) is 5.26 Å². The number of rotatable bonds is 3. The van der Waals surface area contributed by atoms with Crippen LogP contribution in [0.3, 0.4) is 0 Å². The number of benzene rings is 1. The van der Waals surface area contributed by atoms with Crippen LogP contribution in [0, 0.1) is 17.1 Å². The highest BCUT2D eigenvalue weighted by Gasteiger charge is 2.24. The minimum atomic E-state index is -0.960. The van der Waals surface area contributed by atoms with Crippen molar-refractivity contribution in [3.8, 4) is 6.07 Å². The maximum Gasteiger partial charge on any atom is 0.194 e. The van der Waals surface area contributed by atoms with Crippen molar-refractivity contribution in [2.75, 3.05) is 0 Å². The number of nitriles is 1. The molecular weight excluding hydrogens is 293 g/mol. The normalized spacial score (nSPS) is 12.2. The van der Waals surface area contributed by atoms with Gasteiger partial charge in [-0.15, -0.1) is 22.7 Å². The lowest BCUT2D eigenvalue weighted by Gasteiger charge is -2.06. The van der Waals surface area contributed by atoms with Crippen LogP contribution < -0.4 is 0 Å². The summed E-state index contributed by atoms with van der Waals surface area (Å²) in [4.78, 5) is 13.0. The van der Waals surface area contributed by atoms with Gasteiger partial charge in [0.2, 0.25) is 0 Å². The standard InChI is InChI=1S/C15H8FNOS2/c16-10-3-1-2-9(6-10)11(8-17)15(18)14-7-13-12(20-14)4-5-19-13/h1-7,11H. The fourth-order valence-corrected chi connectivity index (χ4v) is 4.08. The maximum absolute atomic E-state index is 13.2. The predicted molar refractivity (Wildman–Crippen MR) is 78.8 cm³/mol. The Hall–Kier alpha value is -2.03. The molecule has 0 N–H and O–H groups in total. The number of hydrogen-bond donors (Lipinski definition) is 0. The number of ketones is 1. The van der Waals surface area contributed by atoms with Crippen LogP contribution in [0.25, 0.3) is 9.40 Å². The zero-order valence-corrected chi connectivity index (χ0v) is 11.8. The van der Waals surface area contributed by atoms with Gasteiger partial charge in [0.1, 0.15) is 11.7 Å². The Morgan fingerprint density at radius 1 is 1.25 bits per heavy atom. The van der Waals surface area contributed by atoms with Crippen molar-refractivity contribution in [1.29, 1.82) is 5.26 Å². The molecule has 0 saturated carbocycles. The average Bonchev–Trinajstić information content (AvgIpc) is 3.00. The zero-order valence-electron chi connectivity index (χ0n) is 10.2. The molecule has 0 saturated heterocycles. The molecule has 1 unspecified atom stereocenters. The van der Waals surface area contributed by atoms with E-state index in [0.29, 0.717) is 10.4 Å². The van der Waals surface area contributed by atoms with E-state index in [0.717, 1.165) is 9.40 Å². The molecule has 98 valence electrons. The smallest absolute Gasteiger partial charge is 0.194 e. The van der Waals surface area contributed by atoms with E-state index in [1.165, 1.54) is 29.5 Å². The lowest BCUT2D eigenvalue weighted by Crippen LogP contribution is -2.09. The summed E-state index contributed by atoms with van der Waals surface area (Å²) in [7, 11) is 0. The minimum absolute atomic E-state index is 0.272. The van der Waals surface area contributed by atoms with E-state index in [1.807, 2.05) is 17.5 Å². The van der Waals surface area contributed by atoms with Gasteiger partial charge in [-0.05, 0) is 35.2 Å². The van der Waals surface area contributed by atoms with Gasteiger partial charge in [-0.3, -0.25) is 4.79 Å². The van der Waals surface area contributed by atoms with Crippen LogP contribution in [0.2, 0.25) is 0 Å². The first kappa shape index (κ1) is 13.0. The van der Waals surface area contributed by atoms with E-state index >= 15 is 0 Å². The summed E-state index contributed by atoms with van der Waals surface area (Å²) in [6.45, 7) is 0. The second-order valence-electron chi connectivity index (χ2n) is 4.24. The Balaban J connectivity index is 1.99. The van der Waals surface area contributed by atoms with E-state index in [-0.39, 0.29) is 5.78 Å². The number of carbonyl (C=O) groups excluding carboxylic acids is 1. The third-order valence-corrected chi connectivity index (χ3v) is 5.06. The molecule has 0 amide bonds. The molecule has 5 heteroatoms. The second-order valence-corrected chi connectivity index (χ2v) is 6.27. The first-order chi connectivity index (χ1) is 9.69. The van der Waals surface area contributed by atoms with E-state index in [1.54, 1.807) is 23.5 Å². The predicted octanol–water partition coefficient (Wildman–Crippen LogP) is 4.59. The Morgan fingerprint density at radius 2 is 2.10 bits per heavy atom. The molecule has 1 atom stereocenters. The van der Waals surface area contributed by atoms with Crippen LogP contribution in [0.1, 0.15) is 21.2 Å². The maximum atomic E-state index is 13.2. The van der Waals surface area contributed by atoms with Crippen LogP contribution in [0.5, 0.6) is 0 Å². The molecule has 0 spiro atoms. The summed E-state index contributed by atoms with van der Waals surface area (Å²) in [5.41, 5.74) is 0.397. The topological polar surface area (TPSA) is 40.9 Å². The van der Waals surface area contributed by atoms with Gasteiger partial charge in [0.05, 0.1) is 10.9 Å². The number of fused-ring (bicyclic) bond motifs is 1. The lowest BCUT2D eigenvalue weighted by molar-refractivity contribution is 0.0983. The van der Waals surface area contributed by atoms with Crippen molar-refractivity contribution in [2.24, 2.45) is 0 Å². The van der Waals surface area contributed by atoms with Crippen LogP contribution in [-0.4, -0.2) is 5.78 Å². The first-order valence-electron chi connectivity index (χ1n) is 5.85. The van der Waals surface area contributed by atoms with Gasteiger partial charge in [0.15, 0.2) is 5.78 Å². The molecule has 0 aliphatic heterocycles. The Kier molecular flexibility index (Phi) is 3.35. The highest BCUT2D eigenvalue weighted by Crippen LogP contribution is 2.33. The summed E-state index contributed by atoms with van der Waals surface area (Å²) in [6, 6.07) is 11.4. The third-order valence-electron chi connectivity index (χ3n) is 2.96. The summed E-state index contributed by atoms with van der Waals surface area (Å²) in [5.74, 6) is -1.67. The number of carbonyl (C=O) groups is 1. The van der Waals surface area contributed by atoms with Gasteiger partial charge in [-0.25, -0.2) is 4.39 Å². The van der Waals surface area contributed by atoms with Crippen molar-refractivity contribution < 1.29 is 9.18 Å². The van der Waals surface area contributed by atoms with Crippen molar-refractivity contribution in [2.45, 2.75) is 5.92 Å². The van der Waals surface area contributed by atoms with Crippen LogP contribution in [-0.2, 0) is 0 Å². The average molecular weight is 301 g/mol. The number of nitrogens with zero attached hydrogens (tertiary/aromatic N) is 1. The molecule has 3 aromatic rings. The van der Waals surface area contributed by atoms with Gasteiger partial charge in [-0.1, -0.05) is 12.1 Å². The van der Waals surface area contributed by atoms with E-state index in [2.05, 4.69) is 0 Å². The van der Waals surface area contributed by atoms with Gasteiger partial charge >= 0.3 is 0 Å². The fourth-order valence-electron chi connectivity index (χ4n) is 2.00. The van der Waals surface area contributed by atoms with Crippen molar-refractivity contribution in [3.63, 3.8) is 0 Å². The SMILES string of the molecule is N#CC(C(=O)c1cc2sccc2s1)c1cccc(F)c1. The molecule has 1 aromatic carbocycles. The van der Waals surface area contributed by atoms with Crippen LogP contribution in [0.15, 0.2) is 41.8 Å². The quantitative estimate of drug-likeness (QED) is 0.664. The van der Waals surface area contributed by atoms with Crippen LogP contribution >= 0.6 is 22.7 Å². The second kappa shape index (κ2) is 5.16. The largest absolute Gasteiger partial charge is 0.291 e. The highest BCUT2D eigenvalue weighted by atomic mass is 32.1.